The van der Waals surface area contributed by atoms with Gasteiger partial charge in [0, 0.05) is 19.4 Å². The van der Waals surface area contributed by atoms with Crippen LogP contribution < -0.4 is 5.32 Å². The van der Waals surface area contributed by atoms with Gasteiger partial charge in [-0.15, -0.1) is 0 Å². The third-order valence-electron chi connectivity index (χ3n) is 8.21. The fraction of sp³-hybridized carbons (Fsp3) is 0.533. The largest absolute Gasteiger partial charge is 0.469 e. The van der Waals surface area contributed by atoms with Gasteiger partial charge in [-0.3, -0.25) is 14.1 Å². The second-order valence-electron chi connectivity index (χ2n) is 11.3. The van der Waals surface area contributed by atoms with E-state index in [2.05, 4.69) is 60.9 Å². The first-order valence-electron chi connectivity index (χ1n) is 14.1. The predicted molar refractivity (Wildman–Crippen MR) is 153 cm³/mol. The van der Waals surface area contributed by atoms with Crippen molar-refractivity contribution in [3.05, 3.63) is 70.8 Å². The number of benzene rings is 2. The number of aryl methyl sites for hydroxylation is 2. The summed E-state index contributed by atoms with van der Waals surface area (Å²) < 4.78 is 27.1. The van der Waals surface area contributed by atoms with Gasteiger partial charge < -0.3 is 29.5 Å². The topological polar surface area (TPSA) is 135 Å². The minimum atomic E-state index is -4.57. The van der Waals surface area contributed by atoms with Gasteiger partial charge in [-0.05, 0) is 57.6 Å². The molecular weight excluding hydrogens is 547 g/mol. The van der Waals surface area contributed by atoms with Crippen LogP contribution >= 0.6 is 7.82 Å². The molecule has 1 amide bonds. The fourth-order valence-corrected chi connectivity index (χ4v) is 6.28. The highest BCUT2D eigenvalue weighted by atomic mass is 31.2. The maximum absolute atomic E-state index is 12.9. The molecule has 11 heteroatoms. The van der Waals surface area contributed by atoms with Crippen LogP contribution in [0.3, 0.4) is 0 Å². The van der Waals surface area contributed by atoms with Crippen molar-refractivity contribution in [2.75, 3.05) is 26.5 Å². The Balaban J connectivity index is 1.40. The Labute approximate surface area is 241 Å². The fourth-order valence-electron chi connectivity index (χ4n) is 5.91. The molecule has 0 radical (unpaired) electrons. The maximum Gasteiger partial charge on any atom is 0.469 e. The molecule has 0 aliphatic carbocycles. The van der Waals surface area contributed by atoms with Gasteiger partial charge in [0.1, 0.15) is 0 Å². The van der Waals surface area contributed by atoms with E-state index >= 15 is 0 Å². The lowest BCUT2D eigenvalue weighted by Crippen LogP contribution is -2.63. The van der Waals surface area contributed by atoms with Crippen molar-refractivity contribution in [1.82, 2.24) is 10.2 Å². The van der Waals surface area contributed by atoms with Gasteiger partial charge >= 0.3 is 13.8 Å². The van der Waals surface area contributed by atoms with E-state index in [1.165, 1.54) is 11.1 Å². The summed E-state index contributed by atoms with van der Waals surface area (Å²) in [5, 5.41) is 3.76. The van der Waals surface area contributed by atoms with Gasteiger partial charge in [0.25, 0.3) is 0 Å². The number of piperidine rings is 1. The highest BCUT2D eigenvalue weighted by Gasteiger charge is 2.51. The Morgan fingerprint density at radius 1 is 1.10 bits per heavy atom. The SMILES string of the molecule is Cc1cc(C)cc([C@@H](C)OC[C@@]2(c3ccccc3)CC[C@]3(CCC(=O)N3COC(=O)CCCOP(=O)(O)O)CN2)c1. The van der Waals surface area contributed by atoms with Crippen molar-refractivity contribution in [1.29, 1.82) is 0 Å². The Kier molecular flexibility index (Phi) is 10.1. The van der Waals surface area contributed by atoms with Crippen LogP contribution in [0.15, 0.2) is 48.5 Å². The molecule has 10 nitrogen and oxygen atoms in total. The Morgan fingerprint density at radius 3 is 2.44 bits per heavy atom. The molecule has 2 aromatic carbocycles. The number of hydrogen-bond donors (Lipinski definition) is 3. The third-order valence-corrected chi connectivity index (χ3v) is 8.73. The molecule has 0 saturated carbocycles. The number of rotatable bonds is 12. The lowest BCUT2D eigenvalue weighted by molar-refractivity contribution is -0.157. The number of likely N-dealkylation sites (tertiary alicyclic amines) is 1. The number of carbonyl (C=O) groups excluding carboxylic acids is 2. The van der Waals surface area contributed by atoms with Crippen LogP contribution in [-0.4, -0.2) is 58.6 Å². The Hall–Kier alpha value is -2.59. The highest BCUT2D eigenvalue weighted by Crippen LogP contribution is 2.43. The monoisotopic (exact) mass is 588 g/mol. The van der Waals surface area contributed by atoms with Crippen LogP contribution in [0.5, 0.6) is 0 Å². The summed E-state index contributed by atoms with van der Waals surface area (Å²) in [6.07, 6.45) is 2.43. The molecule has 1 spiro atoms. The molecule has 2 fully saturated rings. The summed E-state index contributed by atoms with van der Waals surface area (Å²) >= 11 is 0. The maximum atomic E-state index is 12.9. The molecule has 3 atom stereocenters. The first-order chi connectivity index (χ1) is 19.4. The zero-order valence-electron chi connectivity index (χ0n) is 24.0. The lowest BCUT2D eigenvalue weighted by Gasteiger charge is -2.49. The van der Waals surface area contributed by atoms with Gasteiger partial charge in [-0.1, -0.05) is 59.7 Å². The first kappa shape index (κ1) is 31.3. The van der Waals surface area contributed by atoms with Gasteiger partial charge in [-0.25, -0.2) is 4.57 Å². The quantitative estimate of drug-likeness (QED) is 0.187. The van der Waals surface area contributed by atoms with Crippen molar-refractivity contribution in [3.63, 3.8) is 0 Å². The van der Waals surface area contributed by atoms with Gasteiger partial charge in [-0.2, -0.15) is 0 Å². The smallest absolute Gasteiger partial charge is 0.444 e. The van der Waals surface area contributed by atoms with E-state index in [0.717, 1.165) is 24.0 Å². The number of carbonyl (C=O) groups is 2. The van der Waals surface area contributed by atoms with Crippen LogP contribution in [0.4, 0.5) is 0 Å². The normalized spacial score (nSPS) is 23.6. The molecule has 2 saturated heterocycles. The third kappa shape index (κ3) is 8.03. The summed E-state index contributed by atoms with van der Waals surface area (Å²) in [5.74, 6) is -0.610. The Morgan fingerprint density at radius 2 is 1.80 bits per heavy atom. The number of ether oxygens (including phenoxy) is 2. The summed E-state index contributed by atoms with van der Waals surface area (Å²) in [6.45, 7) is 6.82. The number of hydrogen-bond acceptors (Lipinski definition) is 7. The van der Waals surface area contributed by atoms with Crippen molar-refractivity contribution in [2.45, 2.75) is 76.5 Å². The van der Waals surface area contributed by atoms with Crippen LogP contribution in [0.25, 0.3) is 0 Å². The van der Waals surface area contributed by atoms with Gasteiger partial charge in [0.15, 0.2) is 6.73 Å². The van der Waals surface area contributed by atoms with Crippen LogP contribution in [0.1, 0.15) is 73.8 Å². The standard InChI is InChI=1S/C30H41N2O8P/c1-22-16-23(2)18-25(17-22)24(3)38-20-30(26-8-5-4-6-9-26)14-13-29(19-31-30)12-11-27(33)32(29)21-39-28(34)10-7-15-40-41(35,36)37/h4-6,8-9,16-18,24,31H,7,10-15,19-21H2,1-3H3,(H2,35,36,37)/t24-,29-,30-/m1/s1. The lowest BCUT2D eigenvalue weighted by atomic mass is 9.75. The molecule has 2 aromatic rings. The summed E-state index contributed by atoms with van der Waals surface area (Å²) in [7, 11) is -4.57. The first-order valence-corrected chi connectivity index (χ1v) is 15.6. The van der Waals surface area contributed by atoms with E-state index in [0.29, 0.717) is 26.0 Å². The zero-order chi connectivity index (χ0) is 29.7. The molecular formula is C30H41N2O8P. The minimum Gasteiger partial charge on any atom is -0.444 e. The number of phosphoric acid groups is 1. The number of esters is 1. The molecule has 2 aliphatic rings. The van der Waals surface area contributed by atoms with Crippen molar-refractivity contribution >= 4 is 19.7 Å². The second kappa shape index (κ2) is 13.2. The average molecular weight is 589 g/mol. The van der Waals surface area contributed by atoms with Gasteiger partial charge in [0.05, 0.1) is 30.4 Å². The van der Waals surface area contributed by atoms with Crippen molar-refractivity contribution < 1.29 is 37.9 Å². The van der Waals surface area contributed by atoms with E-state index in [9.17, 15) is 14.2 Å². The molecule has 0 bridgehead atoms. The van der Waals surface area contributed by atoms with Crippen LogP contribution in [0.2, 0.25) is 0 Å². The van der Waals surface area contributed by atoms with E-state index in [1.54, 1.807) is 4.90 Å². The van der Waals surface area contributed by atoms with Crippen molar-refractivity contribution in [3.8, 4) is 0 Å². The number of nitrogens with zero attached hydrogens (tertiary/aromatic N) is 1. The molecule has 0 unspecified atom stereocenters. The van der Waals surface area contributed by atoms with E-state index < -0.39 is 24.9 Å². The van der Waals surface area contributed by atoms with E-state index in [4.69, 9.17) is 19.3 Å². The summed E-state index contributed by atoms with van der Waals surface area (Å²) in [4.78, 5) is 44.3. The van der Waals surface area contributed by atoms with E-state index in [1.807, 2.05) is 18.2 Å². The minimum absolute atomic E-state index is 0.0590. The van der Waals surface area contributed by atoms with Crippen LogP contribution in [-0.2, 0) is 33.7 Å². The van der Waals surface area contributed by atoms with Crippen LogP contribution in [0, 0.1) is 13.8 Å². The molecule has 3 N–H and O–H groups in total. The molecule has 4 rings (SSSR count). The molecule has 224 valence electrons. The summed E-state index contributed by atoms with van der Waals surface area (Å²) in [6, 6.07) is 16.7. The average Bonchev–Trinajstić information content (AvgIpc) is 3.23. The molecule has 41 heavy (non-hydrogen) atoms. The molecule has 0 aromatic heterocycles. The second-order valence-corrected chi connectivity index (χ2v) is 12.5. The highest BCUT2D eigenvalue weighted by molar-refractivity contribution is 7.46. The molecule has 2 aliphatic heterocycles. The zero-order valence-corrected chi connectivity index (χ0v) is 24.9. The number of phosphoric ester groups is 1. The number of amides is 1. The van der Waals surface area contributed by atoms with E-state index in [-0.39, 0.29) is 38.2 Å². The van der Waals surface area contributed by atoms with Crippen molar-refractivity contribution in [2.24, 2.45) is 0 Å². The number of nitrogens with one attached hydrogen (secondary N) is 1. The predicted octanol–water partition coefficient (Wildman–Crippen LogP) is 4.41. The summed E-state index contributed by atoms with van der Waals surface area (Å²) in [5.41, 5.74) is 3.76. The van der Waals surface area contributed by atoms with Gasteiger partial charge in [0.2, 0.25) is 5.91 Å². The molecule has 2 heterocycles. The Bertz CT molecular complexity index is 1240.